The molecular formula is C30H34Cl3N3O4S. The molecule has 0 aliphatic rings. The number of carbonyl (C=O) groups is 2. The van der Waals surface area contributed by atoms with E-state index in [4.69, 9.17) is 34.8 Å². The number of sulfonamides is 1. The maximum atomic E-state index is 14.1. The predicted octanol–water partition coefficient (Wildman–Crippen LogP) is 6.87. The second kappa shape index (κ2) is 13.5. The Balaban J connectivity index is 2.10. The molecule has 220 valence electrons. The van der Waals surface area contributed by atoms with Gasteiger partial charge in [-0.1, -0.05) is 71.6 Å². The Bertz CT molecular complexity index is 1510. The molecule has 0 aromatic heterocycles. The SMILES string of the molecule is CCC(C(=O)NC(C)(C)C)N(Cc1ccc(Cl)cc1Cl)C(=O)CN(c1cccc(Cl)c1)S(=O)(=O)c1ccc(C)cc1. The lowest BCUT2D eigenvalue weighted by Gasteiger charge is -2.35. The van der Waals surface area contributed by atoms with Gasteiger partial charge < -0.3 is 10.2 Å². The van der Waals surface area contributed by atoms with Crippen LogP contribution >= 0.6 is 34.8 Å². The quantitative estimate of drug-likeness (QED) is 0.263. The Morgan fingerprint density at radius 1 is 0.927 bits per heavy atom. The Morgan fingerprint density at radius 3 is 2.12 bits per heavy atom. The molecule has 0 heterocycles. The zero-order valence-electron chi connectivity index (χ0n) is 23.6. The molecule has 2 amide bonds. The maximum absolute atomic E-state index is 14.1. The van der Waals surface area contributed by atoms with Gasteiger partial charge in [0, 0.05) is 27.2 Å². The fourth-order valence-corrected chi connectivity index (χ4v) is 6.26. The molecule has 0 fully saturated rings. The molecule has 0 bridgehead atoms. The minimum atomic E-state index is -4.20. The predicted molar refractivity (Wildman–Crippen MR) is 166 cm³/mol. The molecular weight excluding hydrogens is 605 g/mol. The first kappa shape index (κ1) is 32.7. The van der Waals surface area contributed by atoms with Crippen LogP contribution in [0, 0.1) is 6.92 Å². The van der Waals surface area contributed by atoms with E-state index in [0.29, 0.717) is 20.6 Å². The van der Waals surface area contributed by atoms with Crippen LogP contribution in [0.15, 0.2) is 71.6 Å². The van der Waals surface area contributed by atoms with Crippen LogP contribution in [-0.2, 0) is 26.2 Å². The lowest BCUT2D eigenvalue weighted by Crippen LogP contribution is -2.55. The highest BCUT2D eigenvalue weighted by atomic mass is 35.5. The number of rotatable bonds is 10. The number of hydrogen-bond donors (Lipinski definition) is 1. The molecule has 3 aromatic carbocycles. The Hall–Kier alpha value is -2.78. The van der Waals surface area contributed by atoms with Crippen molar-refractivity contribution in [1.82, 2.24) is 10.2 Å². The fourth-order valence-electron chi connectivity index (χ4n) is 4.20. The van der Waals surface area contributed by atoms with Crippen molar-refractivity contribution in [3.05, 3.63) is 92.9 Å². The van der Waals surface area contributed by atoms with Gasteiger partial charge in [-0.05, 0) is 82.1 Å². The second-order valence-electron chi connectivity index (χ2n) is 10.7. The molecule has 1 N–H and O–H groups in total. The summed E-state index contributed by atoms with van der Waals surface area (Å²) in [5, 5.41) is 3.98. The van der Waals surface area contributed by atoms with Gasteiger partial charge in [0.1, 0.15) is 12.6 Å². The smallest absolute Gasteiger partial charge is 0.264 e. The highest BCUT2D eigenvalue weighted by molar-refractivity contribution is 7.92. The van der Waals surface area contributed by atoms with Gasteiger partial charge in [0.15, 0.2) is 0 Å². The molecule has 11 heteroatoms. The summed E-state index contributed by atoms with van der Waals surface area (Å²) in [4.78, 5) is 28.9. The van der Waals surface area contributed by atoms with Crippen molar-refractivity contribution in [2.75, 3.05) is 10.8 Å². The van der Waals surface area contributed by atoms with Crippen molar-refractivity contribution in [3.8, 4) is 0 Å². The van der Waals surface area contributed by atoms with Crippen LogP contribution in [0.25, 0.3) is 0 Å². The highest BCUT2D eigenvalue weighted by Gasteiger charge is 2.35. The largest absolute Gasteiger partial charge is 0.350 e. The molecule has 0 saturated carbocycles. The Morgan fingerprint density at radius 2 is 1.56 bits per heavy atom. The molecule has 0 saturated heterocycles. The summed E-state index contributed by atoms with van der Waals surface area (Å²) in [6.45, 7) is 8.54. The normalized spacial score (nSPS) is 12.5. The molecule has 0 radical (unpaired) electrons. The highest BCUT2D eigenvalue weighted by Crippen LogP contribution is 2.28. The van der Waals surface area contributed by atoms with Crippen LogP contribution in [0.1, 0.15) is 45.2 Å². The maximum Gasteiger partial charge on any atom is 0.264 e. The van der Waals surface area contributed by atoms with Gasteiger partial charge in [-0.25, -0.2) is 8.42 Å². The van der Waals surface area contributed by atoms with Crippen LogP contribution in [0.5, 0.6) is 0 Å². The number of nitrogens with one attached hydrogen (secondary N) is 1. The van der Waals surface area contributed by atoms with E-state index in [1.54, 1.807) is 55.5 Å². The zero-order valence-corrected chi connectivity index (χ0v) is 26.7. The van der Waals surface area contributed by atoms with Gasteiger partial charge in [-0.3, -0.25) is 13.9 Å². The topological polar surface area (TPSA) is 86.8 Å². The standard InChI is InChI=1S/C30H34Cl3N3O4S/c1-6-27(29(38)34-30(3,4)5)35(18-21-12-13-23(32)17-26(21)33)28(37)19-36(24-9-7-8-22(31)16-24)41(39,40)25-14-10-20(2)11-15-25/h7-17,27H,6,18-19H2,1-5H3,(H,34,38). The molecule has 7 nitrogen and oxygen atoms in total. The van der Waals surface area contributed by atoms with Crippen molar-refractivity contribution < 1.29 is 18.0 Å². The van der Waals surface area contributed by atoms with Gasteiger partial charge in [-0.15, -0.1) is 0 Å². The van der Waals surface area contributed by atoms with Crippen LogP contribution in [0.3, 0.4) is 0 Å². The monoisotopic (exact) mass is 637 g/mol. The van der Waals surface area contributed by atoms with E-state index >= 15 is 0 Å². The summed E-state index contributed by atoms with van der Waals surface area (Å²) in [7, 11) is -4.20. The lowest BCUT2D eigenvalue weighted by atomic mass is 10.1. The van der Waals surface area contributed by atoms with Crippen molar-refractivity contribution >= 4 is 62.3 Å². The van der Waals surface area contributed by atoms with Crippen LogP contribution in [0.4, 0.5) is 5.69 Å². The lowest BCUT2D eigenvalue weighted by molar-refractivity contribution is -0.141. The first-order valence-electron chi connectivity index (χ1n) is 13.0. The third kappa shape index (κ3) is 8.61. The number of aryl methyl sites for hydroxylation is 1. The van der Waals surface area contributed by atoms with Crippen molar-refractivity contribution in [2.24, 2.45) is 0 Å². The van der Waals surface area contributed by atoms with Crippen molar-refractivity contribution in [1.29, 1.82) is 0 Å². The van der Waals surface area contributed by atoms with Crippen LogP contribution in [-0.4, -0.2) is 43.3 Å². The summed E-state index contributed by atoms with van der Waals surface area (Å²) in [6, 6.07) is 16.6. The number of halogens is 3. The summed E-state index contributed by atoms with van der Waals surface area (Å²) in [6.07, 6.45) is 0.279. The van der Waals surface area contributed by atoms with Gasteiger partial charge >= 0.3 is 0 Å². The minimum absolute atomic E-state index is 0.0145. The number of anilines is 1. The second-order valence-corrected chi connectivity index (χ2v) is 13.9. The number of hydrogen-bond acceptors (Lipinski definition) is 4. The number of carbonyl (C=O) groups excluding carboxylic acids is 2. The first-order chi connectivity index (χ1) is 19.1. The van der Waals surface area contributed by atoms with Gasteiger partial charge in [0.25, 0.3) is 10.0 Å². The summed E-state index contributed by atoms with van der Waals surface area (Å²) < 4.78 is 28.9. The Labute approximate surface area is 257 Å². The molecule has 0 spiro atoms. The molecule has 41 heavy (non-hydrogen) atoms. The van der Waals surface area contributed by atoms with E-state index in [2.05, 4.69) is 5.32 Å². The minimum Gasteiger partial charge on any atom is -0.350 e. The fraction of sp³-hybridized carbons (Fsp3) is 0.333. The van der Waals surface area contributed by atoms with Crippen molar-refractivity contribution in [2.45, 2.75) is 64.1 Å². The molecule has 0 aliphatic heterocycles. The van der Waals surface area contributed by atoms with E-state index in [1.165, 1.54) is 23.1 Å². The molecule has 3 rings (SSSR count). The van der Waals surface area contributed by atoms with E-state index in [0.717, 1.165) is 9.87 Å². The molecule has 1 unspecified atom stereocenters. The number of nitrogens with zero attached hydrogens (tertiary/aromatic N) is 2. The van der Waals surface area contributed by atoms with E-state index in [9.17, 15) is 18.0 Å². The van der Waals surface area contributed by atoms with E-state index in [1.807, 2.05) is 27.7 Å². The van der Waals surface area contributed by atoms with E-state index in [-0.39, 0.29) is 29.5 Å². The van der Waals surface area contributed by atoms with Gasteiger partial charge in [-0.2, -0.15) is 0 Å². The average Bonchev–Trinajstić information content (AvgIpc) is 2.87. The van der Waals surface area contributed by atoms with Gasteiger partial charge in [0.2, 0.25) is 11.8 Å². The first-order valence-corrected chi connectivity index (χ1v) is 15.6. The van der Waals surface area contributed by atoms with E-state index < -0.39 is 34.1 Å². The summed E-state index contributed by atoms with van der Waals surface area (Å²) in [5.74, 6) is -0.961. The molecule has 0 aliphatic carbocycles. The summed E-state index contributed by atoms with van der Waals surface area (Å²) >= 11 is 18.8. The number of benzene rings is 3. The van der Waals surface area contributed by atoms with Crippen LogP contribution < -0.4 is 9.62 Å². The Kier molecular flexibility index (Phi) is 10.7. The molecule has 1 atom stereocenters. The van der Waals surface area contributed by atoms with Gasteiger partial charge in [0.05, 0.1) is 10.6 Å². The van der Waals surface area contributed by atoms with Crippen molar-refractivity contribution in [3.63, 3.8) is 0 Å². The van der Waals surface area contributed by atoms with Crippen LogP contribution in [0.2, 0.25) is 15.1 Å². The molecule has 3 aromatic rings. The zero-order chi connectivity index (χ0) is 30.5. The summed E-state index contributed by atoms with van der Waals surface area (Å²) in [5.41, 5.74) is 1.10. The average molecular weight is 639 g/mol. The third-order valence-electron chi connectivity index (χ3n) is 6.22. The third-order valence-corrected chi connectivity index (χ3v) is 8.83. The number of amides is 2.